The van der Waals surface area contributed by atoms with E-state index in [1.807, 2.05) is 40.9 Å². The molecular formula is C19H16Cl2N4OS. The van der Waals surface area contributed by atoms with Crippen molar-refractivity contribution in [2.24, 2.45) is 5.73 Å². The Balaban J connectivity index is 0.00000210. The smallest absolute Gasteiger partial charge is 0.169 e. The Morgan fingerprint density at radius 3 is 2.67 bits per heavy atom. The first kappa shape index (κ1) is 19.5. The molecule has 2 aromatic carbocycles. The molecule has 3 N–H and O–H groups in total. The van der Waals surface area contributed by atoms with Gasteiger partial charge in [0.1, 0.15) is 5.75 Å². The van der Waals surface area contributed by atoms with Crippen LogP contribution in [0.3, 0.4) is 0 Å². The maximum absolute atomic E-state index is 9.57. The van der Waals surface area contributed by atoms with E-state index in [0.29, 0.717) is 23.0 Å². The summed E-state index contributed by atoms with van der Waals surface area (Å²) >= 11 is 7.91. The Bertz CT molecular complexity index is 1100. The first-order chi connectivity index (χ1) is 12.7. The second kappa shape index (κ2) is 8.19. The summed E-state index contributed by atoms with van der Waals surface area (Å²) in [5.41, 5.74) is 8.37. The van der Waals surface area contributed by atoms with Crippen LogP contribution in [0.2, 0.25) is 5.02 Å². The van der Waals surface area contributed by atoms with Crippen LogP contribution in [-0.4, -0.2) is 19.7 Å². The van der Waals surface area contributed by atoms with E-state index in [0.717, 1.165) is 21.0 Å². The molecule has 27 heavy (non-hydrogen) atoms. The van der Waals surface area contributed by atoms with E-state index >= 15 is 0 Å². The maximum Gasteiger partial charge on any atom is 0.169 e. The van der Waals surface area contributed by atoms with Crippen LogP contribution in [0.1, 0.15) is 5.56 Å². The summed E-state index contributed by atoms with van der Waals surface area (Å²) in [7, 11) is 0. The quantitative estimate of drug-likeness (QED) is 0.498. The van der Waals surface area contributed by atoms with E-state index in [4.69, 9.17) is 17.3 Å². The third-order valence-electron chi connectivity index (χ3n) is 3.99. The maximum atomic E-state index is 9.57. The minimum absolute atomic E-state index is 0. The van der Waals surface area contributed by atoms with Crippen LogP contribution < -0.4 is 5.73 Å². The van der Waals surface area contributed by atoms with E-state index in [9.17, 15) is 5.11 Å². The van der Waals surface area contributed by atoms with E-state index in [1.165, 1.54) is 6.07 Å². The SMILES string of the molecule is Cl.NCc1ccccc1Sc1ccc2nnc(-c3ccc(O)cc3Cl)n2c1. The average molecular weight is 419 g/mol. The molecule has 0 radical (unpaired) electrons. The highest BCUT2D eigenvalue weighted by atomic mass is 35.5. The molecule has 0 aliphatic heterocycles. The summed E-state index contributed by atoms with van der Waals surface area (Å²) in [5.74, 6) is 0.738. The van der Waals surface area contributed by atoms with Crippen LogP contribution in [-0.2, 0) is 6.54 Å². The van der Waals surface area contributed by atoms with Gasteiger partial charge in [-0.3, -0.25) is 4.40 Å². The Labute approximate surface area is 171 Å². The molecule has 4 rings (SSSR count). The van der Waals surface area contributed by atoms with Crippen molar-refractivity contribution in [2.75, 3.05) is 0 Å². The number of aromatic hydroxyl groups is 1. The standard InChI is InChI=1S/C19H15ClN4OS.ClH/c20-16-9-13(25)5-7-15(16)19-23-22-18-8-6-14(11-24(18)19)26-17-4-2-1-3-12(17)10-21;/h1-9,11,25H,10,21H2;1H. The third-order valence-corrected chi connectivity index (χ3v) is 5.40. The molecule has 4 aromatic rings. The summed E-state index contributed by atoms with van der Waals surface area (Å²) < 4.78 is 1.89. The zero-order chi connectivity index (χ0) is 18.1. The van der Waals surface area contributed by atoms with Crippen molar-refractivity contribution < 1.29 is 5.11 Å². The molecule has 0 saturated carbocycles. The molecule has 2 heterocycles. The first-order valence-electron chi connectivity index (χ1n) is 7.95. The summed E-state index contributed by atoms with van der Waals surface area (Å²) in [4.78, 5) is 2.15. The number of nitrogens with two attached hydrogens (primary N) is 1. The average Bonchev–Trinajstić information content (AvgIpc) is 3.05. The summed E-state index contributed by atoms with van der Waals surface area (Å²) in [5, 5.41) is 18.4. The number of pyridine rings is 1. The normalized spacial score (nSPS) is 10.7. The van der Waals surface area contributed by atoms with Gasteiger partial charge in [0.05, 0.1) is 5.02 Å². The molecule has 0 saturated heterocycles. The number of phenols is 1. The van der Waals surface area contributed by atoms with Gasteiger partial charge in [-0.25, -0.2) is 0 Å². The van der Waals surface area contributed by atoms with Crippen LogP contribution in [0.4, 0.5) is 0 Å². The lowest BCUT2D eigenvalue weighted by atomic mass is 10.2. The van der Waals surface area contributed by atoms with Crippen molar-refractivity contribution >= 4 is 41.4 Å². The molecule has 0 aliphatic rings. The number of fused-ring (bicyclic) bond motifs is 1. The third kappa shape index (κ3) is 3.89. The van der Waals surface area contributed by atoms with Gasteiger partial charge in [-0.2, -0.15) is 0 Å². The second-order valence-electron chi connectivity index (χ2n) is 5.69. The number of phenolic OH excluding ortho intramolecular Hbond substituents is 1. The molecule has 138 valence electrons. The fourth-order valence-electron chi connectivity index (χ4n) is 2.70. The van der Waals surface area contributed by atoms with Crippen LogP contribution in [0.15, 0.2) is 70.6 Å². The molecule has 0 bridgehead atoms. The number of nitrogens with zero attached hydrogens (tertiary/aromatic N) is 3. The van der Waals surface area contributed by atoms with E-state index in [-0.39, 0.29) is 18.2 Å². The molecule has 0 unspecified atom stereocenters. The predicted octanol–water partition coefficient (Wildman–Crippen LogP) is 4.79. The van der Waals surface area contributed by atoms with Crippen molar-refractivity contribution in [3.8, 4) is 17.1 Å². The largest absolute Gasteiger partial charge is 0.508 e. The Hall–Kier alpha value is -2.25. The number of hydrogen-bond acceptors (Lipinski definition) is 5. The Morgan fingerprint density at radius 1 is 1.07 bits per heavy atom. The lowest BCUT2D eigenvalue weighted by Crippen LogP contribution is -1.97. The van der Waals surface area contributed by atoms with E-state index in [1.54, 1.807) is 23.9 Å². The van der Waals surface area contributed by atoms with Gasteiger partial charge in [0.2, 0.25) is 0 Å². The van der Waals surface area contributed by atoms with Gasteiger partial charge in [-0.05, 0) is 42.0 Å². The van der Waals surface area contributed by atoms with Gasteiger partial charge in [-0.1, -0.05) is 41.6 Å². The van der Waals surface area contributed by atoms with E-state index < -0.39 is 0 Å². The lowest BCUT2D eigenvalue weighted by Gasteiger charge is -2.08. The highest BCUT2D eigenvalue weighted by Crippen LogP contribution is 2.33. The van der Waals surface area contributed by atoms with Crippen molar-refractivity contribution in [3.05, 3.63) is 71.4 Å². The zero-order valence-electron chi connectivity index (χ0n) is 14.0. The van der Waals surface area contributed by atoms with Gasteiger partial charge >= 0.3 is 0 Å². The van der Waals surface area contributed by atoms with Gasteiger partial charge in [-0.15, -0.1) is 22.6 Å². The van der Waals surface area contributed by atoms with Crippen LogP contribution in [0, 0.1) is 0 Å². The number of aromatic nitrogens is 3. The second-order valence-corrected chi connectivity index (χ2v) is 7.22. The monoisotopic (exact) mass is 418 g/mol. The first-order valence-corrected chi connectivity index (χ1v) is 9.14. The topological polar surface area (TPSA) is 76.4 Å². The zero-order valence-corrected chi connectivity index (χ0v) is 16.4. The van der Waals surface area contributed by atoms with Crippen molar-refractivity contribution in [3.63, 3.8) is 0 Å². The number of rotatable bonds is 4. The predicted molar refractivity (Wildman–Crippen MR) is 111 cm³/mol. The number of hydrogen-bond donors (Lipinski definition) is 2. The Morgan fingerprint density at radius 2 is 1.89 bits per heavy atom. The fourth-order valence-corrected chi connectivity index (χ4v) is 3.94. The van der Waals surface area contributed by atoms with Gasteiger partial charge in [0.15, 0.2) is 11.5 Å². The van der Waals surface area contributed by atoms with Crippen LogP contribution in [0.25, 0.3) is 17.0 Å². The molecule has 0 fully saturated rings. The number of halogens is 2. The van der Waals surface area contributed by atoms with Crippen LogP contribution >= 0.6 is 35.8 Å². The van der Waals surface area contributed by atoms with Crippen molar-refractivity contribution in [1.29, 1.82) is 0 Å². The lowest BCUT2D eigenvalue weighted by molar-refractivity contribution is 0.475. The van der Waals surface area contributed by atoms with Gasteiger partial charge in [0, 0.05) is 28.1 Å². The molecular weight excluding hydrogens is 403 g/mol. The highest BCUT2D eigenvalue weighted by molar-refractivity contribution is 7.99. The highest BCUT2D eigenvalue weighted by Gasteiger charge is 2.13. The Kier molecular flexibility index (Phi) is 5.92. The molecule has 0 atom stereocenters. The molecule has 0 aliphatic carbocycles. The van der Waals surface area contributed by atoms with E-state index in [2.05, 4.69) is 16.3 Å². The van der Waals surface area contributed by atoms with Crippen LogP contribution in [0.5, 0.6) is 5.75 Å². The summed E-state index contributed by atoms with van der Waals surface area (Å²) in [6.45, 7) is 0.492. The minimum Gasteiger partial charge on any atom is -0.508 e. The molecule has 0 spiro atoms. The number of benzene rings is 2. The molecule has 5 nitrogen and oxygen atoms in total. The molecule has 2 aromatic heterocycles. The van der Waals surface area contributed by atoms with Gasteiger partial charge < -0.3 is 10.8 Å². The van der Waals surface area contributed by atoms with Gasteiger partial charge in [0.25, 0.3) is 0 Å². The summed E-state index contributed by atoms with van der Waals surface area (Å²) in [6.07, 6.45) is 1.98. The summed E-state index contributed by atoms with van der Waals surface area (Å²) in [6, 6.07) is 16.8. The fraction of sp³-hybridized carbons (Fsp3) is 0.0526. The van der Waals surface area contributed by atoms with Crippen molar-refractivity contribution in [1.82, 2.24) is 14.6 Å². The minimum atomic E-state index is 0. The van der Waals surface area contributed by atoms with Crippen molar-refractivity contribution in [2.45, 2.75) is 16.3 Å². The molecule has 0 amide bonds. The molecule has 8 heteroatoms.